The van der Waals surface area contributed by atoms with E-state index >= 15 is 0 Å². The third-order valence-electron chi connectivity index (χ3n) is 3.45. The van der Waals surface area contributed by atoms with E-state index in [1.54, 1.807) is 20.4 Å². The largest absolute Gasteiger partial charge is 0.493 e. The summed E-state index contributed by atoms with van der Waals surface area (Å²) in [5.41, 5.74) is 5.07. The van der Waals surface area contributed by atoms with Crippen molar-refractivity contribution in [2.45, 2.75) is 19.9 Å². The van der Waals surface area contributed by atoms with Crippen LogP contribution >= 0.6 is 15.9 Å². The third kappa shape index (κ3) is 5.67. The van der Waals surface area contributed by atoms with E-state index in [9.17, 15) is 0 Å². The van der Waals surface area contributed by atoms with Gasteiger partial charge >= 0.3 is 0 Å². The summed E-state index contributed by atoms with van der Waals surface area (Å²) in [5.74, 6) is 2.26. The van der Waals surface area contributed by atoms with E-state index in [1.165, 1.54) is 0 Å². The summed E-state index contributed by atoms with van der Waals surface area (Å²) >= 11 is 3.52. The molecule has 0 spiro atoms. The third-order valence-corrected chi connectivity index (χ3v) is 4.07. The molecule has 0 heterocycles. The van der Waals surface area contributed by atoms with Crippen LogP contribution in [0.15, 0.2) is 46.0 Å². The van der Waals surface area contributed by atoms with E-state index in [0.717, 1.165) is 27.8 Å². The molecule has 2 rings (SSSR count). The molecule has 0 atom stereocenters. The van der Waals surface area contributed by atoms with Gasteiger partial charge in [-0.2, -0.15) is 5.10 Å². The van der Waals surface area contributed by atoms with E-state index in [0.29, 0.717) is 24.7 Å². The Kier molecular flexibility index (Phi) is 7.60. The second kappa shape index (κ2) is 9.93. The number of nitrogens with one attached hydrogen (secondary N) is 1. The molecule has 1 N–H and O–H groups in total. The molecule has 0 aliphatic heterocycles. The molecule has 0 saturated heterocycles. The molecule has 134 valence electrons. The van der Waals surface area contributed by atoms with Gasteiger partial charge in [0.1, 0.15) is 5.75 Å². The Morgan fingerprint density at radius 3 is 2.48 bits per heavy atom. The maximum absolute atomic E-state index is 5.64. The summed E-state index contributed by atoms with van der Waals surface area (Å²) in [5, 5.41) is 4.26. The minimum atomic E-state index is 0.593. The summed E-state index contributed by atoms with van der Waals surface area (Å²) in [6, 6.07) is 11.7. The number of nitrogens with zero attached hydrogens (tertiary/aromatic N) is 1. The van der Waals surface area contributed by atoms with E-state index in [2.05, 4.69) is 33.4 Å². The van der Waals surface area contributed by atoms with Gasteiger partial charge in [0, 0.05) is 0 Å². The molecule has 2 aromatic carbocycles. The van der Waals surface area contributed by atoms with Crippen LogP contribution in [0, 0.1) is 0 Å². The Labute approximate surface area is 157 Å². The fourth-order valence-electron chi connectivity index (χ4n) is 2.17. The molecule has 0 aliphatic carbocycles. The Hall–Kier alpha value is -2.21. The van der Waals surface area contributed by atoms with Gasteiger partial charge in [0.15, 0.2) is 11.5 Å². The van der Waals surface area contributed by atoms with Gasteiger partial charge < -0.3 is 19.6 Å². The van der Waals surface area contributed by atoms with Crippen molar-refractivity contribution in [2.75, 3.05) is 20.8 Å². The molecule has 5 nitrogen and oxygen atoms in total. The molecule has 0 aromatic heterocycles. The molecule has 0 amide bonds. The molecule has 25 heavy (non-hydrogen) atoms. The zero-order valence-corrected chi connectivity index (χ0v) is 16.3. The van der Waals surface area contributed by atoms with Gasteiger partial charge in [0.2, 0.25) is 0 Å². The summed E-state index contributed by atoms with van der Waals surface area (Å²) in [6.45, 7) is 3.38. The normalized spacial score (nSPS) is 10.7. The number of halogens is 1. The number of hydrazone groups is 1. The van der Waals surface area contributed by atoms with Crippen molar-refractivity contribution in [1.29, 1.82) is 0 Å². The maximum Gasteiger partial charge on any atom is 0.161 e. The first-order valence-corrected chi connectivity index (χ1v) is 8.86. The Morgan fingerprint density at radius 1 is 1.04 bits per heavy atom. The lowest BCUT2D eigenvalue weighted by Crippen LogP contribution is -2.06. The van der Waals surface area contributed by atoms with Crippen LogP contribution in [0.2, 0.25) is 0 Å². The number of rotatable bonds is 9. The van der Waals surface area contributed by atoms with Gasteiger partial charge in [-0.3, -0.25) is 0 Å². The predicted molar refractivity (Wildman–Crippen MR) is 104 cm³/mol. The van der Waals surface area contributed by atoms with Gasteiger partial charge in [0.25, 0.3) is 0 Å². The summed E-state index contributed by atoms with van der Waals surface area (Å²) in [4.78, 5) is 0. The first kappa shape index (κ1) is 19.1. The lowest BCUT2D eigenvalue weighted by molar-refractivity contribution is 0.315. The average Bonchev–Trinajstić information content (AvgIpc) is 2.64. The van der Waals surface area contributed by atoms with Gasteiger partial charge in [0.05, 0.1) is 38.1 Å². The quantitative estimate of drug-likeness (QED) is 0.495. The molecular formula is C19H23BrN2O3. The SMILES string of the molecule is CCCOc1ccc(/C=N\NCc2ccc(OC)c(OC)c2)cc1Br. The van der Waals surface area contributed by atoms with Crippen molar-refractivity contribution in [3.8, 4) is 17.2 Å². The highest BCUT2D eigenvalue weighted by Gasteiger charge is 2.04. The van der Waals surface area contributed by atoms with Crippen LogP contribution in [0.25, 0.3) is 0 Å². The van der Waals surface area contributed by atoms with Gasteiger partial charge in [-0.25, -0.2) is 0 Å². The van der Waals surface area contributed by atoms with E-state index < -0.39 is 0 Å². The predicted octanol–water partition coefficient (Wildman–Crippen LogP) is 4.38. The standard InChI is InChI=1S/C19H23BrN2O3/c1-4-9-25-17-7-5-14(10-16(17)20)12-21-22-13-15-6-8-18(23-2)19(11-15)24-3/h5-8,10-12,22H,4,9,13H2,1-3H3/b21-12-. The number of ether oxygens (including phenoxy) is 3. The Bertz CT molecular complexity index is 720. The monoisotopic (exact) mass is 406 g/mol. The fraction of sp³-hybridized carbons (Fsp3) is 0.316. The lowest BCUT2D eigenvalue weighted by Gasteiger charge is -2.09. The number of hydrogen-bond acceptors (Lipinski definition) is 5. The molecule has 0 unspecified atom stereocenters. The van der Waals surface area contributed by atoms with Crippen molar-refractivity contribution in [3.63, 3.8) is 0 Å². The zero-order chi connectivity index (χ0) is 18.1. The Balaban J connectivity index is 1.92. The van der Waals surface area contributed by atoms with E-state index in [1.807, 2.05) is 36.4 Å². The van der Waals surface area contributed by atoms with Gasteiger partial charge in [-0.05, 0) is 63.8 Å². The highest BCUT2D eigenvalue weighted by Crippen LogP contribution is 2.27. The summed E-state index contributed by atoms with van der Waals surface area (Å²) in [6.07, 6.45) is 2.75. The second-order valence-electron chi connectivity index (χ2n) is 5.32. The van der Waals surface area contributed by atoms with Crippen molar-refractivity contribution >= 4 is 22.1 Å². The summed E-state index contributed by atoms with van der Waals surface area (Å²) in [7, 11) is 3.25. The molecule has 2 aromatic rings. The number of hydrogen-bond donors (Lipinski definition) is 1. The Morgan fingerprint density at radius 2 is 1.80 bits per heavy atom. The van der Waals surface area contributed by atoms with Crippen LogP contribution in [-0.4, -0.2) is 27.0 Å². The highest BCUT2D eigenvalue weighted by atomic mass is 79.9. The molecule has 0 saturated carbocycles. The zero-order valence-electron chi connectivity index (χ0n) is 14.7. The number of benzene rings is 2. The lowest BCUT2D eigenvalue weighted by atomic mass is 10.2. The molecule has 0 fully saturated rings. The first-order valence-electron chi connectivity index (χ1n) is 8.07. The van der Waals surface area contributed by atoms with Crippen molar-refractivity contribution < 1.29 is 14.2 Å². The maximum atomic E-state index is 5.64. The highest BCUT2D eigenvalue weighted by molar-refractivity contribution is 9.10. The van der Waals surface area contributed by atoms with Crippen LogP contribution in [0.4, 0.5) is 0 Å². The second-order valence-corrected chi connectivity index (χ2v) is 6.18. The topological polar surface area (TPSA) is 52.1 Å². The number of methoxy groups -OCH3 is 2. The summed E-state index contributed by atoms with van der Waals surface area (Å²) < 4.78 is 17.1. The average molecular weight is 407 g/mol. The van der Waals surface area contributed by atoms with Crippen molar-refractivity contribution in [1.82, 2.24) is 5.43 Å². The molecule has 0 aliphatic rings. The van der Waals surface area contributed by atoms with Crippen molar-refractivity contribution in [3.05, 3.63) is 52.0 Å². The van der Waals surface area contributed by atoms with Gasteiger partial charge in [-0.15, -0.1) is 0 Å². The minimum absolute atomic E-state index is 0.593. The molecular weight excluding hydrogens is 384 g/mol. The van der Waals surface area contributed by atoms with E-state index in [4.69, 9.17) is 14.2 Å². The van der Waals surface area contributed by atoms with Crippen LogP contribution in [0.1, 0.15) is 24.5 Å². The molecule has 0 bridgehead atoms. The van der Waals surface area contributed by atoms with Gasteiger partial charge in [-0.1, -0.05) is 13.0 Å². The van der Waals surface area contributed by atoms with Crippen LogP contribution in [-0.2, 0) is 6.54 Å². The minimum Gasteiger partial charge on any atom is -0.493 e. The van der Waals surface area contributed by atoms with Crippen LogP contribution in [0.3, 0.4) is 0 Å². The molecule has 0 radical (unpaired) electrons. The fourth-order valence-corrected chi connectivity index (χ4v) is 2.69. The van der Waals surface area contributed by atoms with Crippen LogP contribution in [0.5, 0.6) is 17.2 Å². The first-order chi connectivity index (χ1) is 12.2. The van der Waals surface area contributed by atoms with E-state index in [-0.39, 0.29) is 0 Å². The van der Waals surface area contributed by atoms with Crippen molar-refractivity contribution in [2.24, 2.45) is 5.10 Å². The smallest absolute Gasteiger partial charge is 0.161 e. The van der Waals surface area contributed by atoms with Crippen LogP contribution < -0.4 is 19.6 Å². The molecule has 6 heteroatoms.